The van der Waals surface area contributed by atoms with Crippen LogP contribution >= 0.6 is 0 Å². The van der Waals surface area contributed by atoms with Gasteiger partial charge in [-0.3, -0.25) is 19.2 Å². The topological polar surface area (TPSA) is 355 Å². The first-order valence-electron chi connectivity index (χ1n) is 27.8. The predicted octanol–water partition coefficient (Wildman–Crippen LogP) is 2.83. The standard InChI is InChI=1S/C60H88N2O19/c1-36-18-16-14-12-10-8-6-7-9-11-13-15-17-19-48(79-59-56(74)54(61)55(73)38(3)78-59)33-51-53(58(75)77-5)50(71)35-60(76,81-51)34-47(69)30-45(67)28-43(65)26-42(64)27-44(66)29-46(68)32-52(72)80-57(36)37(2)20-25-41(63)31-49(70)39-21-23-40(62-4)24-22-39/h6-19,21-24,36-38,41-43,45-48,50-51,53-57,59,62-65,67-69,71,73-74,76H,20,25-35,61H2,1-5H3/b7-6-,10-8-,11-9-,14-12-,15-13-,18-16-,19-17-/t36?,37?,38-,41?,42?,43?,45?,46?,47?,48?,50?,51?,53?,54+,55-,56+,57?,59+,60?/m1/s1. The molecule has 0 aliphatic carbocycles. The van der Waals surface area contributed by atoms with Gasteiger partial charge < -0.3 is 85.8 Å². The Morgan fingerprint density at radius 3 is 1.88 bits per heavy atom. The number of nitrogens with two attached hydrogens (primary N) is 1. The molecule has 452 valence electrons. The minimum atomic E-state index is -2.29. The number of cyclic esters (lactones) is 1. The molecule has 19 atom stereocenters. The summed E-state index contributed by atoms with van der Waals surface area (Å²) in [6, 6.07) is 5.77. The predicted molar refractivity (Wildman–Crippen MR) is 299 cm³/mol. The van der Waals surface area contributed by atoms with Crippen molar-refractivity contribution in [2.24, 2.45) is 23.5 Å². The van der Waals surface area contributed by atoms with E-state index in [-0.39, 0.29) is 49.7 Å². The fourth-order valence-electron chi connectivity index (χ4n) is 10.2. The smallest absolute Gasteiger partial charge is 0.313 e. The minimum Gasteiger partial charge on any atom is -0.469 e. The van der Waals surface area contributed by atoms with Crippen molar-refractivity contribution < 1.29 is 93.9 Å². The lowest BCUT2D eigenvalue weighted by atomic mass is 9.82. The van der Waals surface area contributed by atoms with Crippen LogP contribution in [0.3, 0.4) is 0 Å². The second-order valence-corrected chi connectivity index (χ2v) is 21.6. The first-order chi connectivity index (χ1) is 38.4. The number of allylic oxidation sites excluding steroid dienone is 12. The van der Waals surface area contributed by atoms with Crippen LogP contribution in [-0.4, -0.2) is 186 Å². The molecule has 2 bridgehead atoms. The Morgan fingerprint density at radius 1 is 0.728 bits per heavy atom. The molecule has 1 aromatic carbocycles. The Kier molecular flexibility index (Phi) is 29.1. The third-order valence-corrected chi connectivity index (χ3v) is 14.6. The molecule has 0 amide bonds. The SMILES string of the molecule is CNc1ccc(C(=O)CC(O)CCC(C)C2OC(=O)CC(O)CC(=O)CC(O)CC(O)CC(O)CC(O)CC3(O)CC(O)C(C(=O)OC)C(CC(O[C@@H]4O[C@H](C)[C@@H](O)[C@H](N)[C@@H]4O)\C=C/C=C\C=C/C=C\C=C/C=C\C=C/C2C)O3)cc1. The maximum Gasteiger partial charge on any atom is 0.313 e. The molecule has 0 aromatic heterocycles. The third kappa shape index (κ3) is 23.6. The number of hydrogen-bond acceptors (Lipinski definition) is 21. The second-order valence-electron chi connectivity index (χ2n) is 21.6. The van der Waals surface area contributed by atoms with Crippen LogP contribution < -0.4 is 11.1 Å². The summed E-state index contributed by atoms with van der Waals surface area (Å²) in [5.74, 6) is -6.85. The Morgan fingerprint density at radius 2 is 1.28 bits per heavy atom. The summed E-state index contributed by atoms with van der Waals surface area (Å²) in [6.45, 7) is 5.25. The molecule has 4 rings (SSSR count). The van der Waals surface area contributed by atoms with Crippen molar-refractivity contribution in [2.45, 2.75) is 195 Å². The molecule has 13 N–H and O–H groups in total. The molecule has 2 saturated heterocycles. The van der Waals surface area contributed by atoms with Crippen LogP contribution in [0.4, 0.5) is 5.69 Å². The van der Waals surface area contributed by atoms with E-state index in [9.17, 15) is 70.2 Å². The number of Topliss-reactive ketones (excluding diaryl/α,β-unsaturated/α-hetero) is 2. The number of carbonyl (C=O) groups excluding carboxylic acids is 4. The number of esters is 2. The molecule has 0 saturated carbocycles. The normalized spacial score (nSPS) is 37.7. The van der Waals surface area contributed by atoms with Crippen LogP contribution in [-0.2, 0) is 38.1 Å². The van der Waals surface area contributed by atoms with Crippen molar-refractivity contribution in [3.05, 3.63) is 115 Å². The highest BCUT2D eigenvalue weighted by molar-refractivity contribution is 5.96. The number of anilines is 1. The summed E-state index contributed by atoms with van der Waals surface area (Å²) in [7, 11) is 2.88. The zero-order valence-electron chi connectivity index (χ0n) is 47.0. The summed E-state index contributed by atoms with van der Waals surface area (Å²) in [5.41, 5.74) is 7.39. The number of rotatable bonds is 11. The van der Waals surface area contributed by atoms with Crippen molar-refractivity contribution in [2.75, 3.05) is 19.5 Å². The average molecular weight is 1140 g/mol. The molecule has 81 heavy (non-hydrogen) atoms. The lowest BCUT2D eigenvalue weighted by molar-refractivity contribution is -0.308. The van der Waals surface area contributed by atoms with Crippen molar-refractivity contribution in [3.63, 3.8) is 0 Å². The number of ether oxygens (including phenoxy) is 5. The summed E-state index contributed by atoms with van der Waals surface area (Å²) in [4.78, 5) is 52.4. The zero-order valence-corrected chi connectivity index (χ0v) is 47.0. The first-order valence-corrected chi connectivity index (χ1v) is 27.8. The monoisotopic (exact) mass is 1140 g/mol. The van der Waals surface area contributed by atoms with Crippen molar-refractivity contribution in [3.8, 4) is 0 Å². The van der Waals surface area contributed by atoms with Gasteiger partial charge in [-0.05, 0) is 69.2 Å². The summed E-state index contributed by atoms with van der Waals surface area (Å²) >= 11 is 0. The molecule has 2 fully saturated rings. The van der Waals surface area contributed by atoms with E-state index in [2.05, 4.69) is 5.32 Å². The van der Waals surface area contributed by atoms with Crippen LogP contribution in [0.15, 0.2) is 109 Å². The van der Waals surface area contributed by atoms with E-state index in [1.807, 2.05) is 19.9 Å². The van der Waals surface area contributed by atoms with Gasteiger partial charge in [0, 0.05) is 62.7 Å². The minimum absolute atomic E-state index is 0.103. The largest absolute Gasteiger partial charge is 0.469 e. The molecule has 21 heteroatoms. The van der Waals surface area contributed by atoms with Gasteiger partial charge in [0.1, 0.15) is 23.9 Å². The quantitative estimate of drug-likeness (QED) is 0.112. The number of benzene rings is 1. The van der Waals surface area contributed by atoms with E-state index in [4.69, 9.17) is 29.4 Å². The molecule has 3 aliphatic rings. The number of fused-ring (bicyclic) bond motifs is 2. The highest BCUT2D eigenvalue weighted by Gasteiger charge is 2.51. The van der Waals surface area contributed by atoms with Crippen LogP contribution in [0, 0.1) is 17.8 Å². The third-order valence-electron chi connectivity index (χ3n) is 14.6. The fourth-order valence-corrected chi connectivity index (χ4v) is 10.2. The number of aliphatic hydroxyl groups excluding tert-OH is 9. The molecule has 21 nitrogen and oxygen atoms in total. The van der Waals surface area contributed by atoms with E-state index in [1.165, 1.54) is 0 Å². The number of nitrogens with one attached hydrogen (secondary N) is 1. The van der Waals surface area contributed by atoms with Gasteiger partial charge in [0.05, 0.1) is 86.7 Å². The van der Waals surface area contributed by atoms with Crippen LogP contribution in [0.2, 0.25) is 0 Å². The molecule has 0 spiro atoms. The van der Waals surface area contributed by atoms with E-state index in [0.717, 1.165) is 12.8 Å². The summed E-state index contributed by atoms with van der Waals surface area (Å²) in [6.07, 6.45) is 2.92. The molecule has 0 radical (unpaired) electrons. The number of carbonyl (C=O) groups is 4. The maximum atomic E-state index is 13.3. The number of aliphatic hydroxyl groups is 10. The molecular weight excluding hydrogens is 1050 g/mol. The fraction of sp³-hybridized carbons (Fsp3) is 0.600. The summed E-state index contributed by atoms with van der Waals surface area (Å²) < 4.78 is 28.9. The zero-order chi connectivity index (χ0) is 59.8. The van der Waals surface area contributed by atoms with E-state index in [0.29, 0.717) is 12.0 Å². The highest BCUT2D eigenvalue weighted by atomic mass is 16.7. The maximum absolute atomic E-state index is 13.3. The molecule has 3 aliphatic heterocycles. The number of methoxy groups -OCH3 is 1. The Hall–Kier alpha value is -5.08. The van der Waals surface area contributed by atoms with Gasteiger partial charge in [-0.1, -0.05) is 98.9 Å². The molecule has 1 aromatic rings. The van der Waals surface area contributed by atoms with E-state index < -0.39 is 160 Å². The number of ketones is 2. The Balaban J connectivity index is 1.55. The Bertz CT molecular complexity index is 2320. The van der Waals surface area contributed by atoms with E-state index in [1.54, 1.807) is 117 Å². The lowest BCUT2D eigenvalue weighted by Gasteiger charge is -2.45. The van der Waals surface area contributed by atoms with Crippen LogP contribution in [0.1, 0.15) is 108 Å². The second kappa shape index (κ2) is 34.5. The average Bonchev–Trinajstić information content (AvgIpc) is 3.43. The van der Waals surface area contributed by atoms with E-state index >= 15 is 0 Å². The van der Waals surface area contributed by atoms with Gasteiger partial charge in [0.2, 0.25) is 0 Å². The number of hydrogen-bond donors (Lipinski definition) is 12. The summed E-state index contributed by atoms with van der Waals surface area (Å²) in [5, 5.41) is 113. The Labute approximate surface area is 474 Å². The van der Waals surface area contributed by atoms with Crippen LogP contribution in [0.5, 0.6) is 0 Å². The van der Waals surface area contributed by atoms with Gasteiger partial charge in [0.25, 0.3) is 0 Å². The molecule has 3 heterocycles. The molecule has 14 unspecified atom stereocenters. The van der Waals surface area contributed by atoms with Gasteiger partial charge in [-0.15, -0.1) is 0 Å². The van der Waals surface area contributed by atoms with Crippen molar-refractivity contribution in [1.29, 1.82) is 0 Å². The van der Waals surface area contributed by atoms with Crippen molar-refractivity contribution >= 4 is 29.2 Å². The van der Waals surface area contributed by atoms with Gasteiger partial charge >= 0.3 is 11.9 Å². The van der Waals surface area contributed by atoms with Crippen molar-refractivity contribution in [1.82, 2.24) is 0 Å². The highest BCUT2D eigenvalue weighted by Crippen LogP contribution is 2.39. The molecular formula is C60H88N2O19. The van der Waals surface area contributed by atoms with Gasteiger partial charge in [-0.2, -0.15) is 0 Å². The van der Waals surface area contributed by atoms with Gasteiger partial charge in [0.15, 0.2) is 17.9 Å². The van der Waals surface area contributed by atoms with Gasteiger partial charge in [-0.25, -0.2) is 0 Å². The lowest BCUT2D eigenvalue weighted by Crippen LogP contribution is -2.61. The van der Waals surface area contributed by atoms with Crippen LogP contribution in [0.25, 0.3) is 0 Å². The first kappa shape index (κ1) is 68.4.